The van der Waals surface area contributed by atoms with E-state index in [1.807, 2.05) is 0 Å². The maximum absolute atomic E-state index is 3.96. The molecule has 1 unspecified atom stereocenters. The summed E-state index contributed by atoms with van der Waals surface area (Å²) < 4.78 is 0. The second-order valence-electron chi connectivity index (χ2n) is 3.60. The van der Waals surface area contributed by atoms with Gasteiger partial charge in [-0.05, 0) is 32.5 Å². The summed E-state index contributed by atoms with van der Waals surface area (Å²) in [6.07, 6.45) is 2.05. The van der Waals surface area contributed by atoms with Crippen molar-refractivity contribution in [3.63, 3.8) is 0 Å². The summed E-state index contributed by atoms with van der Waals surface area (Å²) in [5.74, 6) is 0. The van der Waals surface area contributed by atoms with Crippen molar-refractivity contribution in [2.24, 2.45) is 0 Å². The summed E-state index contributed by atoms with van der Waals surface area (Å²) in [7, 11) is 4.22. The molecule has 0 aromatic heterocycles. The van der Waals surface area contributed by atoms with E-state index in [4.69, 9.17) is 0 Å². The van der Waals surface area contributed by atoms with Crippen LogP contribution in [-0.4, -0.2) is 25.0 Å². The summed E-state index contributed by atoms with van der Waals surface area (Å²) in [5, 5.41) is 0. The van der Waals surface area contributed by atoms with Gasteiger partial charge >= 0.3 is 0 Å². The zero-order chi connectivity index (χ0) is 9.68. The molecule has 1 radical (unpaired) electrons. The highest BCUT2D eigenvalue weighted by atomic mass is 15.1. The van der Waals surface area contributed by atoms with Crippen molar-refractivity contribution in [1.82, 2.24) is 4.90 Å². The molecule has 0 heterocycles. The Morgan fingerprint density at radius 2 is 1.85 bits per heavy atom. The highest BCUT2D eigenvalue weighted by Crippen LogP contribution is 2.08. The van der Waals surface area contributed by atoms with Gasteiger partial charge in [-0.2, -0.15) is 0 Å². The molecule has 0 saturated heterocycles. The molecular formula is C12H18N. The van der Waals surface area contributed by atoms with Crippen LogP contribution < -0.4 is 0 Å². The summed E-state index contributed by atoms with van der Waals surface area (Å²) in [4.78, 5) is 2.24. The van der Waals surface area contributed by atoms with Crippen molar-refractivity contribution >= 4 is 0 Å². The number of nitrogens with zero attached hydrogens (tertiary/aromatic N) is 1. The lowest BCUT2D eigenvalue weighted by Crippen LogP contribution is -2.29. The van der Waals surface area contributed by atoms with E-state index < -0.39 is 0 Å². The zero-order valence-electron chi connectivity index (χ0n) is 8.53. The third-order valence-electron chi connectivity index (χ3n) is 2.38. The fourth-order valence-corrected chi connectivity index (χ4v) is 1.43. The second kappa shape index (κ2) is 5.03. The molecule has 1 aromatic carbocycles. The van der Waals surface area contributed by atoms with Crippen molar-refractivity contribution in [3.8, 4) is 0 Å². The van der Waals surface area contributed by atoms with E-state index in [2.05, 4.69) is 56.3 Å². The topological polar surface area (TPSA) is 3.24 Å². The molecule has 0 N–H and O–H groups in total. The van der Waals surface area contributed by atoms with Crippen LogP contribution in [0.5, 0.6) is 0 Å². The lowest BCUT2D eigenvalue weighted by molar-refractivity contribution is 0.292. The first-order valence-corrected chi connectivity index (χ1v) is 4.73. The molecule has 0 aliphatic rings. The molecule has 1 atom stereocenters. The zero-order valence-corrected chi connectivity index (χ0v) is 8.53. The van der Waals surface area contributed by atoms with Gasteiger partial charge in [0.15, 0.2) is 0 Å². The smallest absolute Gasteiger partial charge is 0.0130 e. The normalized spacial score (nSPS) is 13.2. The molecule has 0 spiro atoms. The Morgan fingerprint density at radius 3 is 2.31 bits per heavy atom. The predicted octanol–water partition coefficient (Wildman–Crippen LogP) is 2.38. The molecule has 1 rings (SSSR count). The van der Waals surface area contributed by atoms with E-state index in [0.717, 1.165) is 12.8 Å². The Hall–Kier alpha value is -0.820. The minimum absolute atomic E-state index is 0.558. The van der Waals surface area contributed by atoms with Gasteiger partial charge in [-0.15, -0.1) is 0 Å². The molecule has 0 saturated carbocycles. The monoisotopic (exact) mass is 176 g/mol. The Kier molecular flexibility index (Phi) is 3.97. The summed E-state index contributed by atoms with van der Waals surface area (Å²) in [6, 6.07) is 11.1. The maximum Gasteiger partial charge on any atom is 0.0130 e. The van der Waals surface area contributed by atoms with E-state index in [0.29, 0.717) is 6.04 Å². The lowest BCUT2D eigenvalue weighted by atomic mass is 10.0. The molecule has 0 fully saturated rings. The maximum atomic E-state index is 3.96. The van der Waals surface area contributed by atoms with Crippen molar-refractivity contribution in [2.45, 2.75) is 18.9 Å². The molecule has 0 bridgehead atoms. The third-order valence-corrected chi connectivity index (χ3v) is 2.38. The first kappa shape index (κ1) is 10.3. The largest absolute Gasteiger partial charge is 0.306 e. The molecule has 0 aliphatic carbocycles. The van der Waals surface area contributed by atoms with E-state index in [1.54, 1.807) is 0 Å². The van der Waals surface area contributed by atoms with Crippen LogP contribution in [0.3, 0.4) is 0 Å². The molecule has 13 heavy (non-hydrogen) atoms. The van der Waals surface area contributed by atoms with Gasteiger partial charge in [0.2, 0.25) is 0 Å². The Balaban J connectivity index is 2.57. The van der Waals surface area contributed by atoms with Crippen LogP contribution in [0.2, 0.25) is 0 Å². The first-order chi connectivity index (χ1) is 6.24. The number of hydrogen-bond acceptors (Lipinski definition) is 1. The number of hydrogen-bond donors (Lipinski definition) is 0. The molecule has 0 aliphatic heterocycles. The molecular weight excluding hydrogens is 158 g/mol. The fourth-order valence-electron chi connectivity index (χ4n) is 1.43. The molecule has 1 aromatic rings. The second-order valence-corrected chi connectivity index (χ2v) is 3.60. The minimum atomic E-state index is 0.558. The van der Waals surface area contributed by atoms with Gasteiger partial charge in [0, 0.05) is 6.04 Å². The van der Waals surface area contributed by atoms with Crippen LogP contribution in [0.15, 0.2) is 30.3 Å². The van der Waals surface area contributed by atoms with Crippen LogP contribution in [0.1, 0.15) is 12.0 Å². The van der Waals surface area contributed by atoms with Gasteiger partial charge < -0.3 is 4.90 Å². The van der Waals surface area contributed by atoms with Gasteiger partial charge in [0.1, 0.15) is 0 Å². The summed E-state index contributed by atoms with van der Waals surface area (Å²) in [5.41, 5.74) is 1.39. The average molecular weight is 176 g/mol. The predicted molar refractivity (Wildman–Crippen MR) is 57.6 cm³/mol. The molecule has 71 valence electrons. The third kappa shape index (κ3) is 3.19. The van der Waals surface area contributed by atoms with Crippen molar-refractivity contribution in [1.29, 1.82) is 0 Å². The van der Waals surface area contributed by atoms with Gasteiger partial charge in [-0.25, -0.2) is 0 Å². The van der Waals surface area contributed by atoms with Gasteiger partial charge in [-0.1, -0.05) is 37.3 Å². The standard InChI is InChI=1S/C12H18N/c1-4-12(13(2)3)10-11-8-6-5-7-9-11/h5-9,12H,1,4,10H2,2-3H3. The Morgan fingerprint density at radius 1 is 1.23 bits per heavy atom. The van der Waals surface area contributed by atoms with Crippen LogP contribution in [0.4, 0.5) is 0 Å². The van der Waals surface area contributed by atoms with Crippen molar-refractivity contribution < 1.29 is 0 Å². The Bertz CT molecular complexity index is 228. The van der Waals surface area contributed by atoms with Crippen molar-refractivity contribution in [3.05, 3.63) is 42.8 Å². The lowest BCUT2D eigenvalue weighted by Gasteiger charge is -2.22. The van der Waals surface area contributed by atoms with Crippen LogP contribution in [0.25, 0.3) is 0 Å². The van der Waals surface area contributed by atoms with Gasteiger partial charge in [0.05, 0.1) is 0 Å². The first-order valence-electron chi connectivity index (χ1n) is 4.73. The molecule has 1 heteroatoms. The van der Waals surface area contributed by atoms with Gasteiger partial charge in [-0.3, -0.25) is 0 Å². The van der Waals surface area contributed by atoms with E-state index >= 15 is 0 Å². The van der Waals surface area contributed by atoms with Crippen LogP contribution in [-0.2, 0) is 6.42 Å². The summed E-state index contributed by atoms with van der Waals surface area (Å²) >= 11 is 0. The van der Waals surface area contributed by atoms with Crippen LogP contribution >= 0.6 is 0 Å². The van der Waals surface area contributed by atoms with Crippen LogP contribution in [0, 0.1) is 6.92 Å². The highest BCUT2D eigenvalue weighted by molar-refractivity contribution is 5.15. The number of benzene rings is 1. The van der Waals surface area contributed by atoms with Crippen molar-refractivity contribution in [2.75, 3.05) is 14.1 Å². The fraction of sp³-hybridized carbons (Fsp3) is 0.417. The highest BCUT2D eigenvalue weighted by Gasteiger charge is 2.08. The molecule has 0 amide bonds. The quantitative estimate of drug-likeness (QED) is 0.681. The Labute approximate surface area is 81.4 Å². The average Bonchev–Trinajstić information content (AvgIpc) is 2.15. The van der Waals surface area contributed by atoms with E-state index in [1.165, 1.54) is 5.56 Å². The van der Waals surface area contributed by atoms with E-state index in [-0.39, 0.29) is 0 Å². The summed E-state index contributed by atoms with van der Waals surface area (Å²) in [6.45, 7) is 3.96. The minimum Gasteiger partial charge on any atom is -0.306 e. The number of likely N-dealkylation sites (N-methyl/N-ethyl adjacent to an activating group) is 1. The molecule has 1 nitrogen and oxygen atoms in total. The van der Waals surface area contributed by atoms with E-state index in [9.17, 15) is 0 Å². The number of rotatable bonds is 4. The SMILES string of the molecule is [CH2]CC(Cc1ccccc1)N(C)C. The van der Waals surface area contributed by atoms with Gasteiger partial charge in [0.25, 0.3) is 0 Å².